The maximum atomic E-state index is 13.7. The largest absolute Gasteiger partial charge is 0.506 e. The van der Waals surface area contributed by atoms with Crippen LogP contribution in [0, 0.1) is 0 Å². The molecule has 0 radical (unpaired) electrons. The molecule has 0 aliphatic carbocycles. The van der Waals surface area contributed by atoms with E-state index in [1.54, 1.807) is 0 Å². The number of benzene rings is 1. The van der Waals surface area contributed by atoms with E-state index in [1.165, 1.54) is 18.2 Å². The summed E-state index contributed by atoms with van der Waals surface area (Å²) in [5, 5.41) is 13.2. The van der Waals surface area contributed by atoms with Gasteiger partial charge < -0.3 is 9.84 Å². The lowest BCUT2D eigenvalue weighted by molar-refractivity contribution is -0.141. The number of carbonyl (C=O) groups excluding carboxylic acids is 1. The minimum atomic E-state index is -4.57. The number of halogens is 4. The summed E-state index contributed by atoms with van der Waals surface area (Å²) in [6.45, 7) is -0.311. The number of para-hydroxylation sites is 1. The van der Waals surface area contributed by atoms with Gasteiger partial charge in [-0.15, -0.1) is 0 Å². The van der Waals surface area contributed by atoms with Gasteiger partial charge >= 0.3 is 18.4 Å². The van der Waals surface area contributed by atoms with Gasteiger partial charge in [0.15, 0.2) is 11.4 Å². The van der Waals surface area contributed by atoms with Crippen molar-refractivity contribution in [2.45, 2.75) is 19.1 Å². The van der Waals surface area contributed by atoms with Crippen LogP contribution >= 0.6 is 0 Å². The number of aromatic nitrogens is 2. The Balaban J connectivity index is 1.82. The standard InChI is InChI=1S/C14H11F4N3O3/c15-12-13(23)21(11-8(22)2-1-3-9(11)24-12)7-6-20-5-4-10(19-20)14(16,17)18/h1-5,12,22H,6-7H2. The summed E-state index contributed by atoms with van der Waals surface area (Å²) < 4.78 is 57.0. The van der Waals surface area contributed by atoms with Crippen molar-refractivity contribution < 1.29 is 32.2 Å². The number of carbonyl (C=O) groups is 1. The van der Waals surface area contributed by atoms with Crippen molar-refractivity contribution in [3.05, 3.63) is 36.2 Å². The minimum Gasteiger partial charge on any atom is -0.506 e. The molecule has 1 N–H and O–H groups in total. The van der Waals surface area contributed by atoms with Gasteiger partial charge in [0.1, 0.15) is 11.4 Å². The minimum absolute atomic E-state index is 0.0281. The highest BCUT2D eigenvalue weighted by molar-refractivity contribution is 6.00. The average Bonchev–Trinajstić information content (AvgIpc) is 2.97. The van der Waals surface area contributed by atoms with Crippen LogP contribution in [0.3, 0.4) is 0 Å². The van der Waals surface area contributed by atoms with Gasteiger partial charge in [0.2, 0.25) is 0 Å². The molecule has 1 aliphatic rings. The first-order valence-electron chi connectivity index (χ1n) is 6.82. The Morgan fingerprint density at radius 1 is 1.25 bits per heavy atom. The number of nitrogens with zero attached hydrogens (tertiary/aromatic N) is 3. The van der Waals surface area contributed by atoms with E-state index >= 15 is 0 Å². The van der Waals surface area contributed by atoms with Crippen molar-refractivity contribution in [2.24, 2.45) is 0 Å². The molecule has 0 fully saturated rings. The van der Waals surface area contributed by atoms with Gasteiger partial charge in [-0.05, 0) is 18.2 Å². The van der Waals surface area contributed by atoms with E-state index in [4.69, 9.17) is 4.74 Å². The molecule has 1 aliphatic heterocycles. The number of alkyl halides is 4. The fraction of sp³-hybridized carbons (Fsp3) is 0.286. The molecule has 6 nitrogen and oxygen atoms in total. The maximum absolute atomic E-state index is 13.7. The number of phenols is 1. The maximum Gasteiger partial charge on any atom is 0.435 e. The quantitative estimate of drug-likeness (QED) is 0.867. The van der Waals surface area contributed by atoms with E-state index < -0.39 is 24.1 Å². The van der Waals surface area contributed by atoms with Gasteiger partial charge in [0.25, 0.3) is 0 Å². The van der Waals surface area contributed by atoms with Crippen molar-refractivity contribution in [2.75, 3.05) is 11.4 Å². The molecule has 1 amide bonds. The highest BCUT2D eigenvalue weighted by Gasteiger charge is 2.36. The van der Waals surface area contributed by atoms with E-state index in [1.807, 2.05) is 0 Å². The monoisotopic (exact) mass is 345 g/mol. The third-order valence-electron chi connectivity index (χ3n) is 3.42. The summed E-state index contributed by atoms with van der Waals surface area (Å²) in [6, 6.07) is 4.87. The first-order valence-corrected chi connectivity index (χ1v) is 6.82. The fourth-order valence-electron chi connectivity index (χ4n) is 2.33. The Kier molecular flexibility index (Phi) is 3.82. The third-order valence-corrected chi connectivity index (χ3v) is 3.42. The molecular formula is C14H11F4N3O3. The lowest BCUT2D eigenvalue weighted by Gasteiger charge is -2.31. The third kappa shape index (κ3) is 2.86. The number of hydrogen-bond acceptors (Lipinski definition) is 4. The summed E-state index contributed by atoms with van der Waals surface area (Å²) in [5.41, 5.74) is -1.10. The SMILES string of the molecule is O=C1C(F)Oc2cccc(O)c2N1CCn1ccc(C(F)(F)F)n1. The molecule has 1 atom stereocenters. The second-order valence-electron chi connectivity index (χ2n) is 5.01. The van der Waals surface area contributed by atoms with Crippen LogP contribution in [-0.2, 0) is 17.5 Å². The average molecular weight is 345 g/mol. The molecule has 0 saturated heterocycles. The number of ether oxygens (including phenoxy) is 1. The molecule has 3 rings (SSSR count). The zero-order valence-corrected chi connectivity index (χ0v) is 12.0. The van der Waals surface area contributed by atoms with Gasteiger partial charge in [-0.1, -0.05) is 6.07 Å². The number of phenolic OH excluding ortho intramolecular Hbond substituents is 1. The van der Waals surface area contributed by atoms with Crippen LogP contribution in [0.2, 0.25) is 0 Å². The van der Waals surface area contributed by atoms with Crippen LogP contribution in [0.1, 0.15) is 5.69 Å². The van der Waals surface area contributed by atoms with E-state index in [0.717, 1.165) is 21.8 Å². The summed E-state index contributed by atoms with van der Waals surface area (Å²) >= 11 is 0. The zero-order chi connectivity index (χ0) is 17.5. The predicted molar refractivity (Wildman–Crippen MR) is 73.2 cm³/mol. The number of fused-ring (bicyclic) bond motifs is 1. The van der Waals surface area contributed by atoms with Gasteiger partial charge in [-0.3, -0.25) is 14.4 Å². The fourth-order valence-corrected chi connectivity index (χ4v) is 2.33. The summed E-state index contributed by atoms with van der Waals surface area (Å²) in [5.74, 6) is -1.38. The molecule has 24 heavy (non-hydrogen) atoms. The number of anilines is 1. The molecule has 128 valence electrons. The Bertz CT molecular complexity index is 775. The van der Waals surface area contributed by atoms with Gasteiger partial charge in [0, 0.05) is 12.7 Å². The first kappa shape index (κ1) is 16.1. The van der Waals surface area contributed by atoms with Crippen LogP contribution in [-0.4, -0.2) is 33.7 Å². The molecular weight excluding hydrogens is 334 g/mol. The predicted octanol–water partition coefficient (Wildman–Crippen LogP) is 2.33. The van der Waals surface area contributed by atoms with Gasteiger partial charge in [-0.2, -0.15) is 22.7 Å². The normalized spacial score (nSPS) is 17.6. The second kappa shape index (κ2) is 5.69. The number of aromatic hydroxyl groups is 1. The number of rotatable bonds is 3. The lowest BCUT2D eigenvalue weighted by atomic mass is 10.2. The van der Waals surface area contributed by atoms with Crippen molar-refractivity contribution in [1.82, 2.24) is 9.78 Å². The Morgan fingerprint density at radius 3 is 2.67 bits per heavy atom. The van der Waals surface area contributed by atoms with E-state index in [9.17, 15) is 27.5 Å². The number of amides is 1. The van der Waals surface area contributed by atoms with Crippen molar-refractivity contribution in [3.63, 3.8) is 0 Å². The van der Waals surface area contributed by atoms with Crippen LogP contribution in [0.5, 0.6) is 11.5 Å². The Labute approximate surface area is 132 Å². The molecule has 0 spiro atoms. The van der Waals surface area contributed by atoms with Crippen molar-refractivity contribution >= 4 is 11.6 Å². The molecule has 2 aromatic rings. The highest BCUT2D eigenvalue weighted by atomic mass is 19.4. The molecule has 0 bridgehead atoms. The summed E-state index contributed by atoms with van der Waals surface area (Å²) in [4.78, 5) is 12.9. The Morgan fingerprint density at radius 2 is 2.00 bits per heavy atom. The lowest BCUT2D eigenvalue weighted by Crippen LogP contribution is -2.45. The van der Waals surface area contributed by atoms with E-state index in [2.05, 4.69) is 5.10 Å². The molecule has 1 aromatic carbocycles. The van der Waals surface area contributed by atoms with Crippen LogP contribution in [0.25, 0.3) is 0 Å². The van der Waals surface area contributed by atoms with Crippen molar-refractivity contribution in [1.29, 1.82) is 0 Å². The summed E-state index contributed by atoms with van der Waals surface area (Å²) in [6.07, 6.45) is -5.72. The molecule has 10 heteroatoms. The van der Waals surface area contributed by atoms with Gasteiger partial charge in [0.05, 0.1) is 6.54 Å². The van der Waals surface area contributed by atoms with Crippen LogP contribution in [0.4, 0.5) is 23.2 Å². The smallest absolute Gasteiger partial charge is 0.435 e. The van der Waals surface area contributed by atoms with Crippen molar-refractivity contribution in [3.8, 4) is 11.5 Å². The molecule has 1 aromatic heterocycles. The van der Waals surface area contributed by atoms with Crippen LogP contribution in [0.15, 0.2) is 30.5 Å². The molecule has 0 saturated carbocycles. The topological polar surface area (TPSA) is 67.6 Å². The molecule has 2 heterocycles. The first-order chi connectivity index (χ1) is 11.3. The summed E-state index contributed by atoms with van der Waals surface area (Å²) in [7, 11) is 0. The highest BCUT2D eigenvalue weighted by Crippen LogP contribution is 2.41. The number of hydrogen-bond donors (Lipinski definition) is 1. The Hall–Kier alpha value is -2.78. The molecule has 1 unspecified atom stereocenters. The zero-order valence-electron chi connectivity index (χ0n) is 12.0. The second-order valence-corrected chi connectivity index (χ2v) is 5.01. The van der Waals surface area contributed by atoms with E-state index in [-0.39, 0.29) is 30.3 Å². The van der Waals surface area contributed by atoms with E-state index in [0.29, 0.717) is 0 Å². The van der Waals surface area contributed by atoms with Gasteiger partial charge in [-0.25, -0.2) is 0 Å². The van der Waals surface area contributed by atoms with Crippen LogP contribution < -0.4 is 9.64 Å².